The van der Waals surface area contributed by atoms with E-state index in [0.717, 1.165) is 24.4 Å². The fourth-order valence-corrected chi connectivity index (χ4v) is 4.76. The Kier molecular flexibility index (Phi) is 7.22. The lowest BCUT2D eigenvalue weighted by molar-refractivity contribution is -0.385. The maximum atomic E-state index is 13.2. The van der Waals surface area contributed by atoms with Gasteiger partial charge in [-0.05, 0) is 6.07 Å². The molecule has 1 fully saturated rings. The number of sulfonamides is 1. The molecule has 0 atom stereocenters. The van der Waals surface area contributed by atoms with E-state index in [4.69, 9.17) is 5.11 Å². The molecule has 0 spiro atoms. The van der Waals surface area contributed by atoms with Crippen LogP contribution >= 0.6 is 0 Å². The van der Waals surface area contributed by atoms with Crippen molar-refractivity contribution in [2.45, 2.75) is 4.90 Å². The summed E-state index contributed by atoms with van der Waals surface area (Å²) in [6.07, 6.45) is 0.857. The van der Waals surface area contributed by atoms with Gasteiger partial charge < -0.3 is 10.2 Å². The Morgan fingerprint density at radius 3 is 2.52 bits per heavy atom. The Labute approximate surface area is 186 Å². The average Bonchev–Trinajstić information content (AvgIpc) is 2.76. The number of non-ortho nitro benzene ring substituents is 1. The molecule has 15 nitrogen and oxygen atoms in total. The molecule has 1 aliphatic rings. The topological polar surface area (TPSA) is 214 Å². The third-order valence-corrected chi connectivity index (χ3v) is 6.82. The summed E-state index contributed by atoms with van der Waals surface area (Å²) in [5.41, 5.74) is -0.388. The van der Waals surface area contributed by atoms with Gasteiger partial charge in [0, 0.05) is 44.9 Å². The maximum Gasteiger partial charge on any atom is 0.328 e. The Balaban J connectivity index is 1.91. The maximum absolute atomic E-state index is 13.2. The smallest absolute Gasteiger partial charge is 0.328 e. The number of nitro benzene ring substituents is 1. The van der Waals surface area contributed by atoms with Crippen LogP contribution in [0.1, 0.15) is 5.56 Å². The molecule has 33 heavy (non-hydrogen) atoms. The number of aromatic nitrogens is 2. The van der Waals surface area contributed by atoms with E-state index in [1.807, 2.05) is 14.9 Å². The predicted octanol–water partition coefficient (Wildman–Crippen LogP) is -1.58. The lowest BCUT2D eigenvalue weighted by atomic mass is 10.3. The van der Waals surface area contributed by atoms with Crippen molar-refractivity contribution in [2.75, 3.05) is 44.8 Å². The molecular formula is C17H21N7O8S. The summed E-state index contributed by atoms with van der Waals surface area (Å²) < 4.78 is 27.6. The number of rotatable bonds is 8. The normalized spacial score (nSPS) is 15.7. The van der Waals surface area contributed by atoms with Gasteiger partial charge in [0.05, 0.1) is 23.4 Å². The molecule has 0 aliphatic carbocycles. The number of H-pyrrole nitrogens is 2. The molecule has 3 rings (SSSR count). The van der Waals surface area contributed by atoms with Gasteiger partial charge in [-0.2, -0.15) is 9.41 Å². The summed E-state index contributed by atoms with van der Waals surface area (Å²) in [5, 5.41) is 33.7. The van der Waals surface area contributed by atoms with Gasteiger partial charge in [-0.1, -0.05) is 0 Å². The van der Waals surface area contributed by atoms with Crippen LogP contribution in [-0.4, -0.2) is 88.3 Å². The summed E-state index contributed by atoms with van der Waals surface area (Å²) in [6, 6.07) is 3.14. The van der Waals surface area contributed by atoms with Gasteiger partial charge in [0.25, 0.3) is 11.2 Å². The highest BCUT2D eigenvalue weighted by molar-refractivity contribution is 7.89. The average molecular weight is 483 g/mol. The quantitative estimate of drug-likeness (QED) is 0.165. The summed E-state index contributed by atoms with van der Waals surface area (Å²) >= 11 is 0. The molecule has 2 aromatic rings. The van der Waals surface area contributed by atoms with E-state index < -0.39 is 48.2 Å². The Bertz CT molecular complexity index is 1280. The van der Waals surface area contributed by atoms with Gasteiger partial charge in [0.1, 0.15) is 10.5 Å². The molecule has 0 radical (unpaired) electrons. The van der Waals surface area contributed by atoms with Crippen molar-refractivity contribution in [3.8, 4) is 5.88 Å². The van der Waals surface area contributed by atoms with Crippen LogP contribution in [0.15, 0.2) is 37.8 Å². The van der Waals surface area contributed by atoms with Gasteiger partial charge in [-0.3, -0.25) is 35.2 Å². The number of hydrogen-bond acceptors (Lipinski definition) is 11. The second kappa shape index (κ2) is 9.90. The highest BCUT2D eigenvalue weighted by atomic mass is 32.2. The summed E-state index contributed by atoms with van der Waals surface area (Å²) in [5.74, 6) is -0.744. The van der Waals surface area contributed by atoms with Crippen LogP contribution in [-0.2, 0) is 10.0 Å². The van der Waals surface area contributed by atoms with Crippen molar-refractivity contribution in [3.63, 3.8) is 0 Å². The minimum atomic E-state index is -4.17. The van der Waals surface area contributed by atoms with Crippen molar-refractivity contribution in [1.82, 2.24) is 19.2 Å². The molecule has 1 aromatic carbocycles. The molecule has 1 aromatic heterocycles. The first-order chi connectivity index (χ1) is 15.6. The molecule has 0 saturated carbocycles. The number of piperazine rings is 1. The summed E-state index contributed by atoms with van der Waals surface area (Å²) in [6.45, 7) is 1.34. The number of hydrogen-bond donors (Lipinski definition) is 5. The van der Waals surface area contributed by atoms with E-state index in [1.165, 1.54) is 4.31 Å². The number of hydrazone groups is 1. The predicted molar refractivity (Wildman–Crippen MR) is 116 cm³/mol. The minimum Gasteiger partial charge on any atom is -0.494 e. The first-order valence-corrected chi connectivity index (χ1v) is 11.0. The van der Waals surface area contributed by atoms with Crippen LogP contribution in [0, 0.1) is 10.1 Å². The number of β-amino-alcohol motifs (C(OH)–C–C–N with tert-alkyl or cyclic N) is 1. The van der Waals surface area contributed by atoms with Crippen LogP contribution < -0.4 is 16.7 Å². The molecule has 1 aliphatic heterocycles. The number of benzene rings is 1. The highest BCUT2D eigenvalue weighted by Crippen LogP contribution is 2.29. The standard InChI is InChI=1S/C17H21N7O8S/c25-8-7-22-3-5-23(6-4-22)33(31,32)14-9-11(24(29)30)1-2-13(14)21-18-10-12-15(26)19-17(28)20-16(12)27/h1-2,9-10,21,25H,3-8H2,(H3,19,20,26,27,28). The van der Waals surface area contributed by atoms with Gasteiger partial charge in [0.15, 0.2) is 0 Å². The van der Waals surface area contributed by atoms with Crippen molar-refractivity contribution >= 4 is 27.6 Å². The van der Waals surface area contributed by atoms with Crippen molar-refractivity contribution in [2.24, 2.45) is 5.10 Å². The van der Waals surface area contributed by atoms with E-state index in [1.54, 1.807) is 0 Å². The molecule has 0 amide bonds. The number of aliphatic hydroxyl groups excluding tert-OH is 1. The van der Waals surface area contributed by atoms with E-state index >= 15 is 0 Å². The first kappa shape index (κ1) is 24.1. The Morgan fingerprint density at radius 1 is 1.21 bits per heavy atom. The lowest BCUT2D eigenvalue weighted by Gasteiger charge is -2.33. The zero-order chi connectivity index (χ0) is 24.2. The van der Waals surface area contributed by atoms with E-state index in [-0.39, 0.29) is 25.4 Å². The number of nitrogens with zero attached hydrogens (tertiary/aromatic N) is 4. The lowest BCUT2D eigenvalue weighted by Crippen LogP contribution is -2.49. The third-order valence-electron chi connectivity index (χ3n) is 4.88. The molecule has 0 unspecified atom stereocenters. The second-order valence-electron chi connectivity index (χ2n) is 6.95. The zero-order valence-electron chi connectivity index (χ0n) is 17.1. The number of nitro groups is 1. The van der Waals surface area contributed by atoms with Crippen molar-refractivity contribution in [3.05, 3.63) is 54.7 Å². The van der Waals surface area contributed by atoms with Crippen LogP contribution in [0.3, 0.4) is 0 Å². The number of aromatic amines is 2. The zero-order valence-corrected chi connectivity index (χ0v) is 17.9. The summed E-state index contributed by atoms with van der Waals surface area (Å²) in [4.78, 5) is 38.7. The van der Waals surface area contributed by atoms with E-state index in [9.17, 15) is 33.2 Å². The fraction of sp³-hybridized carbons (Fsp3) is 0.353. The largest absolute Gasteiger partial charge is 0.494 e. The van der Waals surface area contributed by atoms with Gasteiger partial charge in [-0.15, -0.1) is 0 Å². The van der Waals surface area contributed by atoms with Crippen LogP contribution in [0.25, 0.3) is 0 Å². The van der Waals surface area contributed by atoms with Crippen LogP contribution in [0.2, 0.25) is 0 Å². The molecule has 2 heterocycles. The summed E-state index contributed by atoms with van der Waals surface area (Å²) in [7, 11) is -4.17. The van der Waals surface area contributed by atoms with Gasteiger partial charge in [-0.25, -0.2) is 13.2 Å². The van der Waals surface area contributed by atoms with Crippen LogP contribution in [0.4, 0.5) is 11.4 Å². The highest BCUT2D eigenvalue weighted by Gasteiger charge is 2.31. The number of aliphatic hydroxyl groups is 1. The van der Waals surface area contributed by atoms with Gasteiger partial charge in [0.2, 0.25) is 15.9 Å². The Morgan fingerprint density at radius 2 is 1.91 bits per heavy atom. The van der Waals surface area contributed by atoms with Crippen molar-refractivity contribution in [1.29, 1.82) is 0 Å². The van der Waals surface area contributed by atoms with Gasteiger partial charge >= 0.3 is 5.69 Å². The minimum absolute atomic E-state index is 0.0581. The number of nitrogens with one attached hydrogen (secondary N) is 3. The monoisotopic (exact) mass is 483 g/mol. The number of aromatic hydroxyl groups is 1. The third kappa shape index (κ3) is 5.43. The fourth-order valence-electron chi connectivity index (χ4n) is 3.17. The molecular weight excluding hydrogens is 462 g/mol. The van der Waals surface area contributed by atoms with E-state index in [2.05, 4.69) is 10.5 Å². The SMILES string of the molecule is O=c1[nH]c(O)c(C=NNc2ccc([N+](=O)[O-])cc2S(=O)(=O)N2CCN(CCO)CC2)c(=O)[nH]1. The molecule has 5 N–H and O–H groups in total. The molecule has 0 bridgehead atoms. The molecule has 178 valence electrons. The second-order valence-corrected chi connectivity index (χ2v) is 8.85. The Hall–Kier alpha value is -3.60. The molecule has 16 heteroatoms. The first-order valence-electron chi connectivity index (χ1n) is 9.60. The van der Waals surface area contributed by atoms with Crippen LogP contribution in [0.5, 0.6) is 5.88 Å². The van der Waals surface area contributed by atoms with Crippen molar-refractivity contribution < 1.29 is 23.6 Å². The molecule has 1 saturated heterocycles. The number of anilines is 1. The van der Waals surface area contributed by atoms with E-state index in [0.29, 0.717) is 19.6 Å².